The minimum atomic E-state index is -0.577. The van der Waals surface area contributed by atoms with Crippen LogP contribution in [0.2, 0.25) is 0 Å². The SMILES string of the molecule is FOC(C1CCCCC1)C1CCCCN1.FOC(c1ccccn1)C1CCCCN1.SOC(c1ccccc1)C1CCCCN1. The fraction of sp³-hybridized carbons (Fsp3) is 0.686. The summed E-state index contributed by atoms with van der Waals surface area (Å²) < 4.78 is 30.5. The highest BCUT2D eigenvalue weighted by Gasteiger charge is 2.33. The first-order valence-electron chi connectivity index (χ1n) is 17.3. The second kappa shape index (κ2) is 21.3. The van der Waals surface area contributed by atoms with Crippen molar-refractivity contribution in [2.45, 2.75) is 126 Å². The monoisotopic (exact) mass is 648 g/mol. The van der Waals surface area contributed by atoms with Crippen LogP contribution < -0.4 is 16.0 Å². The molecule has 45 heavy (non-hydrogen) atoms. The van der Waals surface area contributed by atoms with E-state index in [4.69, 9.17) is 4.18 Å². The Morgan fingerprint density at radius 1 is 0.622 bits per heavy atom. The summed E-state index contributed by atoms with van der Waals surface area (Å²) in [5.41, 5.74) is 1.85. The lowest BCUT2D eigenvalue weighted by Gasteiger charge is -2.35. The highest BCUT2D eigenvalue weighted by Crippen LogP contribution is 2.32. The van der Waals surface area contributed by atoms with Crippen LogP contribution in [0.4, 0.5) is 9.05 Å². The van der Waals surface area contributed by atoms with Crippen molar-refractivity contribution >= 4 is 12.9 Å². The van der Waals surface area contributed by atoms with E-state index in [9.17, 15) is 9.05 Å². The predicted octanol–water partition coefficient (Wildman–Crippen LogP) is 7.88. The molecule has 6 rings (SSSR count). The first kappa shape index (κ1) is 36.2. The van der Waals surface area contributed by atoms with Gasteiger partial charge >= 0.3 is 0 Å². The van der Waals surface area contributed by atoms with Crippen LogP contribution in [-0.4, -0.2) is 48.8 Å². The lowest BCUT2D eigenvalue weighted by Crippen LogP contribution is -2.47. The molecule has 0 spiro atoms. The van der Waals surface area contributed by atoms with Gasteiger partial charge in [0.05, 0.1) is 5.69 Å². The molecule has 3 saturated heterocycles. The zero-order valence-corrected chi connectivity index (χ0v) is 27.5. The molecule has 1 aromatic heterocycles. The Morgan fingerprint density at radius 3 is 1.67 bits per heavy atom. The molecule has 6 atom stereocenters. The van der Waals surface area contributed by atoms with E-state index in [0.29, 0.717) is 17.7 Å². The number of nitrogens with one attached hydrogen (secondary N) is 3. The maximum Gasteiger partial charge on any atom is 0.155 e. The first-order valence-corrected chi connectivity index (χ1v) is 17.6. The van der Waals surface area contributed by atoms with Crippen molar-refractivity contribution in [3.8, 4) is 0 Å². The Bertz CT molecular complexity index is 927. The molecule has 4 aliphatic rings. The largest absolute Gasteiger partial charge is 0.311 e. The number of halogens is 2. The molecular formula is C35H54F2N4O3S. The second-order valence-corrected chi connectivity index (χ2v) is 13.0. The quantitative estimate of drug-likeness (QED) is 0.163. The van der Waals surface area contributed by atoms with Crippen molar-refractivity contribution < 1.29 is 23.1 Å². The van der Waals surface area contributed by atoms with Crippen LogP contribution in [0.3, 0.4) is 0 Å². The van der Waals surface area contributed by atoms with Gasteiger partial charge in [-0.2, -0.15) is 9.88 Å². The Balaban J connectivity index is 0.000000154. The van der Waals surface area contributed by atoms with E-state index in [1.807, 2.05) is 30.3 Å². The molecule has 1 saturated carbocycles. The molecule has 1 aliphatic carbocycles. The van der Waals surface area contributed by atoms with Gasteiger partial charge < -0.3 is 20.1 Å². The number of piperidine rings is 3. The Labute approximate surface area is 274 Å². The van der Waals surface area contributed by atoms with Crippen LogP contribution in [0.15, 0.2) is 54.7 Å². The number of benzene rings is 1. The summed E-state index contributed by atoms with van der Waals surface area (Å²) in [7, 11) is 0. The van der Waals surface area contributed by atoms with Crippen LogP contribution >= 0.6 is 12.9 Å². The van der Waals surface area contributed by atoms with Crippen molar-refractivity contribution in [3.05, 3.63) is 66.0 Å². The summed E-state index contributed by atoms with van der Waals surface area (Å²) in [5, 5.41) is 10.2. The van der Waals surface area contributed by atoms with Gasteiger partial charge in [-0.1, -0.05) is 74.9 Å². The summed E-state index contributed by atoms with van der Waals surface area (Å²) in [6.07, 6.45) is 17.5. The van der Waals surface area contributed by atoms with Gasteiger partial charge in [0, 0.05) is 24.3 Å². The molecule has 2 aromatic rings. The van der Waals surface area contributed by atoms with E-state index in [2.05, 4.69) is 55.9 Å². The summed E-state index contributed by atoms with van der Waals surface area (Å²) in [5.74, 6) is 0.444. The van der Waals surface area contributed by atoms with Gasteiger partial charge in [0.25, 0.3) is 0 Å². The summed E-state index contributed by atoms with van der Waals surface area (Å²) >= 11 is 4.00. The van der Waals surface area contributed by atoms with Gasteiger partial charge in [-0.3, -0.25) is 4.98 Å². The highest BCUT2D eigenvalue weighted by atomic mass is 32.1. The topological polar surface area (TPSA) is 76.7 Å². The van der Waals surface area contributed by atoms with E-state index in [1.54, 1.807) is 12.3 Å². The number of hydrogen-bond donors (Lipinski definition) is 4. The summed E-state index contributed by atoms with van der Waals surface area (Å²) in [4.78, 5) is 12.4. The molecule has 3 N–H and O–H groups in total. The number of aromatic nitrogens is 1. The highest BCUT2D eigenvalue weighted by molar-refractivity contribution is 7.75. The van der Waals surface area contributed by atoms with Gasteiger partial charge in [0.1, 0.15) is 12.2 Å². The van der Waals surface area contributed by atoms with Crippen LogP contribution in [0.25, 0.3) is 0 Å². The van der Waals surface area contributed by atoms with Gasteiger partial charge in [-0.05, 0) is 117 Å². The number of hydrogen-bond acceptors (Lipinski definition) is 8. The minimum Gasteiger partial charge on any atom is -0.311 e. The van der Waals surface area contributed by atoms with Gasteiger partial charge in [0.15, 0.2) is 6.10 Å². The van der Waals surface area contributed by atoms with E-state index >= 15 is 0 Å². The molecule has 7 nitrogen and oxygen atoms in total. The van der Waals surface area contributed by atoms with Crippen molar-refractivity contribution in [2.75, 3.05) is 19.6 Å². The van der Waals surface area contributed by atoms with Gasteiger partial charge in [0.2, 0.25) is 0 Å². The molecule has 6 unspecified atom stereocenters. The number of rotatable bonds is 9. The first-order chi connectivity index (χ1) is 22.2. The molecule has 10 heteroatoms. The molecule has 0 bridgehead atoms. The third kappa shape index (κ3) is 11.8. The zero-order chi connectivity index (χ0) is 31.5. The Morgan fingerprint density at radius 2 is 1.18 bits per heavy atom. The number of nitrogens with zero attached hydrogens (tertiary/aromatic N) is 1. The zero-order valence-electron chi connectivity index (χ0n) is 26.6. The average Bonchev–Trinajstić information content (AvgIpc) is 3.13. The van der Waals surface area contributed by atoms with E-state index in [1.165, 1.54) is 56.9 Å². The van der Waals surface area contributed by atoms with Crippen molar-refractivity contribution in [1.29, 1.82) is 0 Å². The predicted molar refractivity (Wildman–Crippen MR) is 178 cm³/mol. The van der Waals surface area contributed by atoms with Gasteiger partial charge in [-0.25, -0.2) is 0 Å². The molecular weight excluding hydrogens is 594 g/mol. The third-order valence-electron chi connectivity index (χ3n) is 9.71. The third-order valence-corrected chi connectivity index (χ3v) is 9.93. The number of thiol groups is 1. The van der Waals surface area contributed by atoms with Crippen LogP contribution in [0.1, 0.15) is 113 Å². The lowest BCUT2D eigenvalue weighted by molar-refractivity contribution is -0.210. The van der Waals surface area contributed by atoms with Crippen molar-refractivity contribution in [2.24, 2.45) is 5.92 Å². The molecule has 252 valence electrons. The molecule has 0 radical (unpaired) electrons. The fourth-order valence-electron chi connectivity index (χ4n) is 7.23. The second-order valence-electron chi connectivity index (χ2n) is 12.8. The lowest BCUT2D eigenvalue weighted by atomic mass is 9.81. The number of pyridine rings is 1. The smallest absolute Gasteiger partial charge is 0.155 e. The molecule has 1 aromatic carbocycles. The van der Waals surface area contributed by atoms with Crippen LogP contribution in [0, 0.1) is 5.92 Å². The molecule has 3 aliphatic heterocycles. The maximum absolute atomic E-state index is 12.7. The Kier molecular flexibility index (Phi) is 17.1. The maximum atomic E-state index is 12.7. The van der Waals surface area contributed by atoms with Crippen LogP contribution in [-0.2, 0) is 14.1 Å². The van der Waals surface area contributed by atoms with E-state index in [-0.39, 0.29) is 24.3 Å². The average molecular weight is 649 g/mol. The minimum absolute atomic E-state index is 0.0404. The van der Waals surface area contributed by atoms with Crippen molar-refractivity contribution in [1.82, 2.24) is 20.9 Å². The van der Waals surface area contributed by atoms with Crippen molar-refractivity contribution in [3.63, 3.8) is 0 Å². The summed E-state index contributed by atoms with van der Waals surface area (Å²) in [6.45, 7) is 3.04. The van der Waals surface area contributed by atoms with E-state index in [0.717, 1.165) is 58.2 Å². The fourth-order valence-corrected chi connectivity index (χ4v) is 7.50. The summed E-state index contributed by atoms with van der Waals surface area (Å²) in [6, 6.07) is 16.4. The Hall–Kier alpha value is -1.66. The van der Waals surface area contributed by atoms with Gasteiger partial charge in [-0.15, -0.1) is 0 Å². The van der Waals surface area contributed by atoms with Crippen LogP contribution in [0.5, 0.6) is 0 Å². The standard InChI is InChI=1S/C12H22FNO.C12H17NOS.C11H15FN2O/c13-15-12(10-6-2-1-3-7-10)11-8-4-5-9-14-11;15-14-12(10-6-2-1-3-7-10)11-8-4-5-9-13-11;12-15-11(9-5-1-3-7-13-9)10-6-2-4-8-14-10/h10-12,14H,1-9H2;1-3,6-7,11-13,15H,4-5,8-9H2;1,3,5,7,10-11,14H,2,4,6,8H2. The normalized spacial score (nSPS) is 26.2. The molecule has 0 amide bonds. The van der Waals surface area contributed by atoms with E-state index < -0.39 is 6.10 Å². The molecule has 4 fully saturated rings. The molecule has 4 heterocycles.